The topological polar surface area (TPSA) is 25.8 Å². The number of fused-ring (bicyclic) bond motifs is 2. The summed E-state index contributed by atoms with van der Waals surface area (Å²) in [6.45, 7) is 6.88. The van der Waals surface area contributed by atoms with Gasteiger partial charge in [-0.05, 0) is 44.7 Å². The second-order valence-electron chi connectivity index (χ2n) is 8.86. The number of nitrogens with zero attached hydrogens (tertiary/aromatic N) is 2. The second kappa shape index (κ2) is 13.7. The van der Waals surface area contributed by atoms with E-state index in [1.807, 2.05) is 22.7 Å². The van der Waals surface area contributed by atoms with Crippen LogP contribution in [0.4, 0.5) is 0 Å². The number of aromatic nitrogens is 2. The van der Waals surface area contributed by atoms with Crippen molar-refractivity contribution in [3.05, 3.63) is 19.0 Å². The predicted octanol–water partition coefficient (Wildman–Crippen LogP) is 11.7. The Hall–Kier alpha value is 0.690. The van der Waals surface area contributed by atoms with Gasteiger partial charge in [-0.25, -0.2) is 9.97 Å². The lowest BCUT2D eigenvalue weighted by molar-refractivity contribution is 0.556. The van der Waals surface area contributed by atoms with Crippen molar-refractivity contribution in [2.45, 2.75) is 108 Å². The number of benzene rings is 1. The van der Waals surface area contributed by atoms with Gasteiger partial charge in [0.1, 0.15) is 5.01 Å². The van der Waals surface area contributed by atoms with Gasteiger partial charge in [-0.2, -0.15) is 0 Å². The Labute approximate surface area is 232 Å². The van der Waals surface area contributed by atoms with E-state index in [9.17, 15) is 0 Å². The molecule has 0 saturated heterocycles. The highest BCUT2D eigenvalue weighted by molar-refractivity contribution is 14.1. The molecule has 0 spiro atoms. The number of alkyl halides is 1. The molecule has 0 amide bonds. The van der Waals surface area contributed by atoms with Crippen LogP contribution in [0.15, 0.2) is 8.95 Å². The van der Waals surface area contributed by atoms with E-state index in [-0.39, 0.29) is 0 Å². The monoisotopic (exact) mass is 712 g/mol. The zero-order valence-corrected chi connectivity index (χ0v) is 26.4. The van der Waals surface area contributed by atoms with Crippen LogP contribution >= 0.6 is 77.1 Å². The van der Waals surface area contributed by atoms with Gasteiger partial charge in [0, 0.05) is 5.92 Å². The van der Waals surface area contributed by atoms with E-state index >= 15 is 0 Å². The van der Waals surface area contributed by atoms with Crippen LogP contribution in [-0.2, 0) is 0 Å². The first-order valence-electron chi connectivity index (χ1n) is 12.2. The molecule has 0 radical (unpaired) electrons. The molecule has 0 saturated carbocycles. The Bertz CT molecular complexity index is 944. The summed E-state index contributed by atoms with van der Waals surface area (Å²) >= 11 is 14.0. The van der Waals surface area contributed by atoms with E-state index in [1.165, 1.54) is 96.5 Å². The molecule has 1 aromatic carbocycles. The van der Waals surface area contributed by atoms with Gasteiger partial charge in [0.15, 0.2) is 0 Å². The molecule has 0 aliphatic rings. The zero-order valence-electron chi connectivity index (χ0n) is 19.5. The van der Waals surface area contributed by atoms with Crippen LogP contribution in [0.1, 0.15) is 118 Å². The minimum Gasteiger partial charge on any atom is -0.240 e. The number of hydrogen-bond donors (Lipinski definition) is 0. The number of unbranched alkanes of at least 4 members (excludes halogenated alkanes) is 8. The first-order valence-corrected chi connectivity index (χ1v) is 16.7. The third-order valence-electron chi connectivity index (χ3n) is 6.09. The quantitative estimate of drug-likeness (QED) is 0.0944. The summed E-state index contributed by atoms with van der Waals surface area (Å²) in [4.78, 5) is 10.2. The van der Waals surface area contributed by atoms with E-state index in [1.54, 1.807) is 0 Å². The van der Waals surface area contributed by atoms with Gasteiger partial charge >= 0.3 is 0 Å². The van der Waals surface area contributed by atoms with Gasteiger partial charge in [0.05, 0.1) is 38.3 Å². The minimum atomic E-state index is 0.486. The molecule has 0 N–H and O–H groups in total. The van der Waals surface area contributed by atoms with Crippen molar-refractivity contribution >= 4 is 97.6 Å². The van der Waals surface area contributed by atoms with E-state index < -0.39 is 0 Å². The number of thiazole rings is 2. The fourth-order valence-corrected chi connectivity index (χ4v) is 8.83. The van der Waals surface area contributed by atoms with Gasteiger partial charge in [-0.1, -0.05) is 108 Å². The molecule has 32 heavy (non-hydrogen) atoms. The molecule has 178 valence electrons. The predicted molar refractivity (Wildman–Crippen MR) is 160 cm³/mol. The molecule has 2 aromatic heterocycles. The van der Waals surface area contributed by atoms with Crippen LogP contribution in [0, 0.1) is 0 Å². The highest BCUT2D eigenvalue weighted by atomic mass is 127. The molecule has 7 heteroatoms. The third kappa shape index (κ3) is 6.88. The number of halogens is 3. The summed E-state index contributed by atoms with van der Waals surface area (Å²) in [5.74, 6) is 0.515. The number of rotatable bonds is 14. The van der Waals surface area contributed by atoms with Gasteiger partial charge in [-0.3, -0.25) is 0 Å². The summed E-state index contributed by atoms with van der Waals surface area (Å²) < 4.78 is 5.20. The molecule has 3 rings (SSSR count). The molecule has 2 heterocycles. The molecule has 3 aromatic rings. The van der Waals surface area contributed by atoms with Crippen LogP contribution in [0.2, 0.25) is 0 Å². The van der Waals surface area contributed by atoms with E-state index in [0.717, 1.165) is 20.0 Å². The average molecular weight is 714 g/mol. The molecular formula is C25H35Br2IN2S2. The van der Waals surface area contributed by atoms with Crippen molar-refractivity contribution in [3.63, 3.8) is 0 Å². The third-order valence-corrected chi connectivity index (χ3v) is 12.3. The Morgan fingerprint density at radius 3 is 1.81 bits per heavy atom. The molecule has 2 nitrogen and oxygen atoms in total. The summed E-state index contributed by atoms with van der Waals surface area (Å²) in [6.07, 6.45) is 15.8. The van der Waals surface area contributed by atoms with Crippen molar-refractivity contribution in [1.82, 2.24) is 9.97 Å². The molecule has 0 bridgehead atoms. The van der Waals surface area contributed by atoms with Crippen LogP contribution in [0.25, 0.3) is 20.4 Å². The van der Waals surface area contributed by atoms with E-state index in [2.05, 4.69) is 75.2 Å². The maximum Gasteiger partial charge on any atom is 0.107 e. The van der Waals surface area contributed by atoms with Gasteiger partial charge in [0.25, 0.3) is 0 Å². The Morgan fingerprint density at radius 2 is 1.19 bits per heavy atom. The molecule has 0 aliphatic heterocycles. The maximum absolute atomic E-state index is 5.09. The number of hydrogen-bond acceptors (Lipinski definition) is 4. The van der Waals surface area contributed by atoms with Gasteiger partial charge in [-0.15, -0.1) is 22.7 Å². The smallest absolute Gasteiger partial charge is 0.107 e. The highest BCUT2D eigenvalue weighted by Crippen LogP contribution is 2.47. The first kappa shape index (κ1) is 27.3. The van der Waals surface area contributed by atoms with E-state index in [4.69, 9.17) is 9.97 Å². The molecule has 2 unspecified atom stereocenters. The lowest BCUT2D eigenvalue weighted by atomic mass is 10.0. The van der Waals surface area contributed by atoms with Crippen molar-refractivity contribution in [2.24, 2.45) is 0 Å². The maximum atomic E-state index is 5.09. The van der Waals surface area contributed by atoms with Crippen molar-refractivity contribution in [2.75, 3.05) is 0 Å². The van der Waals surface area contributed by atoms with Crippen LogP contribution in [0.3, 0.4) is 0 Å². The van der Waals surface area contributed by atoms with Crippen LogP contribution < -0.4 is 0 Å². The lowest BCUT2D eigenvalue weighted by Crippen LogP contribution is -1.93. The van der Waals surface area contributed by atoms with Crippen LogP contribution in [-0.4, -0.2) is 9.97 Å². The van der Waals surface area contributed by atoms with Crippen LogP contribution in [0.5, 0.6) is 0 Å². The van der Waals surface area contributed by atoms with Crippen molar-refractivity contribution < 1.29 is 0 Å². The Kier molecular flexibility index (Phi) is 11.7. The molecule has 0 fully saturated rings. The summed E-state index contributed by atoms with van der Waals surface area (Å²) in [5.41, 5.74) is 2.20. The average Bonchev–Trinajstić information content (AvgIpc) is 3.43. The van der Waals surface area contributed by atoms with Gasteiger partial charge < -0.3 is 0 Å². The van der Waals surface area contributed by atoms with E-state index in [0.29, 0.717) is 9.84 Å². The second-order valence-corrected chi connectivity index (χ2v) is 14.0. The Balaban J connectivity index is 1.74. The first-order chi connectivity index (χ1) is 15.5. The van der Waals surface area contributed by atoms with Crippen molar-refractivity contribution in [1.29, 1.82) is 0 Å². The van der Waals surface area contributed by atoms with Crippen molar-refractivity contribution in [3.8, 4) is 0 Å². The molecular weight excluding hydrogens is 679 g/mol. The zero-order chi connectivity index (χ0) is 23.1. The molecule has 2 atom stereocenters. The standard InChI is InChI=1S/C25H35Br2IN2S2/c1-4-6-8-10-11-12-14-16(3)24-29-20-18(26)23-21(19(27)22(20)31-24)30-25(32-23)17(28)15-13-9-7-5-2/h16-17H,4-15H2,1-3H3. The fraction of sp³-hybridized carbons (Fsp3) is 0.680. The normalized spacial score (nSPS) is 13.9. The SMILES string of the molecule is CCCCCCCCC(C)c1nc2c(Br)c3sc(C(I)CCCCCC)nc3c(Br)c2s1. The summed E-state index contributed by atoms with van der Waals surface area (Å²) in [5, 5.41) is 2.50. The van der Waals surface area contributed by atoms with Gasteiger partial charge in [0.2, 0.25) is 0 Å². The Morgan fingerprint density at radius 1 is 0.719 bits per heavy atom. The lowest BCUT2D eigenvalue weighted by Gasteiger charge is -2.07. The summed E-state index contributed by atoms with van der Waals surface area (Å²) in [7, 11) is 0. The fourth-order valence-electron chi connectivity index (χ4n) is 4.06. The summed E-state index contributed by atoms with van der Waals surface area (Å²) in [6, 6.07) is 0. The minimum absolute atomic E-state index is 0.486. The highest BCUT2D eigenvalue weighted by Gasteiger charge is 2.22. The molecule has 0 aliphatic carbocycles. The largest absolute Gasteiger partial charge is 0.240 e.